The number of halogens is 3. The molecule has 1 atom stereocenters. The predicted octanol–water partition coefficient (Wildman–Crippen LogP) is 3.45. The van der Waals surface area contributed by atoms with Gasteiger partial charge in [-0.3, -0.25) is 4.79 Å². The molecule has 2 amide bonds. The number of hydrogen-bond acceptors (Lipinski definition) is 5. The number of nitrogens with one attached hydrogen (secondary N) is 2. The number of aliphatic carboxylic acids is 1. The van der Waals surface area contributed by atoms with Crippen molar-refractivity contribution in [2.45, 2.75) is 31.0 Å². The molecule has 0 aromatic heterocycles. The molecular weight excluding hydrogens is 469 g/mol. The van der Waals surface area contributed by atoms with Gasteiger partial charge in [0.1, 0.15) is 6.61 Å². The molecule has 0 radical (unpaired) electrons. The van der Waals surface area contributed by atoms with Crippen molar-refractivity contribution >= 4 is 18.0 Å². The van der Waals surface area contributed by atoms with Crippen molar-refractivity contribution in [3.8, 4) is 11.1 Å². The summed E-state index contributed by atoms with van der Waals surface area (Å²) in [5.74, 6) is -3.43. The van der Waals surface area contributed by atoms with Gasteiger partial charge in [-0.15, -0.1) is 0 Å². The fraction of sp³-hybridized carbons (Fsp3) is 0.375. The Hall–Kier alpha value is -3.60. The van der Waals surface area contributed by atoms with Crippen LogP contribution in [0.4, 0.5) is 18.0 Å². The summed E-state index contributed by atoms with van der Waals surface area (Å²) in [5.41, 5.74) is 0.970. The van der Waals surface area contributed by atoms with E-state index in [4.69, 9.17) is 14.6 Å². The molecule has 0 fully saturated rings. The topological polar surface area (TPSA) is 114 Å². The zero-order valence-corrected chi connectivity index (χ0v) is 18.9. The third-order valence-electron chi connectivity index (χ3n) is 5.72. The second kappa shape index (κ2) is 10.8. The molecule has 2 aromatic carbocycles. The number of alkyl halides is 3. The first-order chi connectivity index (χ1) is 16.5. The molecule has 0 spiro atoms. The van der Waals surface area contributed by atoms with Gasteiger partial charge in [-0.05, 0) is 29.2 Å². The fourth-order valence-electron chi connectivity index (χ4n) is 3.73. The van der Waals surface area contributed by atoms with E-state index in [0.717, 1.165) is 22.3 Å². The third kappa shape index (κ3) is 5.91. The molecule has 3 rings (SSSR count). The second-order valence-corrected chi connectivity index (χ2v) is 8.09. The highest BCUT2D eigenvalue weighted by Gasteiger charge is 2.58. The van der Waals surface area contributed by atoms with Gasteiger partial charge < -0.3 is 25.2 Å². The van der Waals surface area contributed by atoms with Crippen molar-refractivity contribution < 1.29 is 42.1 Å². The Kier molecular flexibility index (Phi) is 8.00. The summed E-state index contributed by atoms with van der Waals surface area (Å²) in [4.78, 5) is 34.7. The first-order valence-corrected chi connectivity index (χ1v) is 10.8. The molecule has 35 heavy (non-hydrogen) atoms. The number of hydrogen-bond donors (Lipinski definition) is 3. The quantitative estimate of drug-likeness (QED) is 0.436. The van der Waals surface area contributed by atoms with E-state index in [1.54, 1.807) is 0 Å². The number of carbonyl (C=O) groups is 3. The molecular formula is C24H25F3N2O6. The number of amides is 2. The zero-order chi connectivity index (χ0) is 25.6. The average Bonchev–Trinajstić information content (AvgIpc) is 3.12. The summed E-state index contributed by atoms with van der Waals surface area (Å²) in [6, 6.07) is 15.8. The van der Waals surface area contributed by atoms with Gasteiger partial charge in [0.15, 0.2) is 0 Å². The molecule has 8 nitrogen and oxygen atoms in total. The normalized spacial score (nSPS) is 14.4. The number of carboxylic acids is 1. The molecule has 188 valence electrons. The summed E-state index contributed by atoms with van der Waals surface area (Å²) in [6.07, 6.45) is -6.30. The van der Waals surface area contributed by atoms with E-state index in [2.05, 4.69) is 5.32 Å². The summed E-state index contributed by atoms with van der Waals surface area (Å²) in [6.45, 7) is 0.279. The van der Waals surface area contributed by atoms with Crippen LogP contribution >= 0.6 is 0 Å². The maximum Gasteiger partial charge on any atom is 0.422 e. The lowest BCUT2D eigenvalue weighted by Crippen LogP contribution is -2.62. The van der Waals surface area contributed by atoms with Crippen LogP contribution in [-0.2, 0) is 19.1 Å². The maximum absolute atomic E-state index is 12.9. The maximum atomic E-state index is 12.9. The standard InChI is InChI=1S/C24H25F3N2O6/c1-23(21(31)32,24(25,26)27)29-20(30)10-12-34-13-11-28-22(33)35-14-19-17-8-4-2-6-15(17)16-7-3-5-9-18(16)19/h2-9,19H,10-14H2,1H3,(H,28,33)(H,29,30)(H,31,32). The summed E-state index contributed by atoms with van der Waals surface area (Å²) >= 11 is 0. The number of carbonyl (C=O) groups excluding carboxylic acids is 2. The highest BCUT2D eigenvalue weighted by Crippen LogP contribution is 2.44. The average molecular weight is 494 g/mol. The van der Waals surface area contributed by atoms with Crippen molar-refractivity contribution in [2.75, 3.05) is 26.4 Å². The van der Waals surface area contributed by atoms with E-state index in [1.807, 2.05) is 48.5 Å². The second-order valence-electron chi connectivity index (χ2n) is 8.09. The van der Waals surface area contributed by atoms with Crippen LogP contribution in [0.5, 0.6) is 0 Å². The third-order valence-corrected chi connectivity index (χ3v) is 5.72. The van der Waals surface area contributed by atoms with Gasteiger partial charge in [-0.2, -0.15) is 13.2 Å². The van der Waals surface area contributed by atoms with E-state index < -0.39 is 36.1 Å². The molecule has 2 aromatic rings. The Morgan fingerprint density at radius 2 is 1.54 bits per heavy atom. The SMILES string of the molecule is CC(NC(=O)CCOCCNC(=O)OCC1c2ccccc2-c2ccccc21)(C(=O)O)C(F)(F)F. The van der Waals surface area contributed by atoms with Crippen LogP contribution in [0.1, 0.15) is 30.4 Å². The van der Waals surface area contributed by atoms with Crippen LogP contribution in [-0.4, -0.2) is 61.2 Å². The minimum atomic E-state index is -5.16. The van der Waals surface area contributed by atoms with Crippen molar-refractivity contribution in [1.29, 1.82) is 0 Å². The van der Waals surface area contributed by atoms with E-state index in [0.29, 0.717) is 6.92 Å². The van der Waals surface area contributed by atoms with Gasteiger partial charge >= 0.3 is 18.2 Å². The van der Waals surface area contributed by atoms with Crippen LogP contribution < -0.4 is 10.6 Å². The summed E-state index contributed by atoms with van der Waals surface area (Å²) in [5, 5.41) is 12.8. The van der Waals surface area contributed by atoms with Gasteiger partial charge in [0, 0.05) is 18.9 Å². The first kappa shape index (κ1) is 26.0. The lowest BCUT2D eigenvalue weighted by molar-refractivity contribution is -0.207. The van der Waals surface area contributed by atoms with Gasteiger partial charge in [0.25, 0.3) is 0 Å². The number of carboxylic acid groups (broad SMARTS) is 1. The minimum Gasteiger partial charge on any atom is -0.479 e. The highest BCUT2D eigenvalue weighted by molar-refractivity contribution is 5.87. The zero-order valence-electron chi connectivity index (χ0n) is 18.9. The molecule has 1 unspecified atom stereocenters. The molecule has 0 heterocycles. The van der Waals surface area contributed by atoms with Crippen LogP contribution in [0.3, 0.4) is 0 Å². The number of fused-ring (bicyclic) bond motifs is 3. The molecule has 3 N–H and O–H groups in total. The molecule has 0 saturated carbocycles. The fourth-order valence-corrected chi connectivity index (χ4v) is 3.73. The van der Waals surface area contributed by atoms with Gasteiger partial charge in [0.05, 0.1) is 13.2 Å². The van der Waals surface area contributed by atoms with Gasteiger partial charge in [-0.25, -0.2) is 9.59 Å². The smallest absolute Gasteiger partial charge is 0.422 e. The molecule has 0 bridgehead atoms. The number of alkyl carbamates (subject to hydrolysis) is 1. The van der Waals surface area contributed by atoms with Gasteiger partial charge in [0.2, 0.25) is 11.4 Å². The Morgan fingerprint density at radius 3 is 2.09 bits per heavy atom. The van der Waals surface area contributed by atoms with Crippen LogP contribution in [0, 0.1) is 0 Å². The number of ether oxygens (including phenoxy) is 2. The van der Waals surface area contributed by atoms with E-state index >= 15 is 0 Å². The van der Waals surface area contributed by atoms with Crippen molar-refractivity contribution in [3.63, 3.8) is 0 Å². The monoisotopic (exact) mass is 494 g/mol. The molecule has 1 aliphatic carbocycles. The molecule has 0 saturated heterocycles. The minimum absolute atomic E-state index is 0.0209. The van der Waals surface area contributed by atoms with E-state index in [-0.39, 0.29) is 32.3 Å². The molecule has 1 aliphatic rings. The Labute approximate surface area is 199 Å². The lowest BCUT2D eigenvalue weighted by atomic mass is 9.98. The van der Waals surface area contributed by atoms with Crippen molar-refractivity contribution in [3.05, 3.63) is 59.7 Å². The van der Waals surface area contributed by atoms with Crippen molar-refractivity contribution in [2.24, 2.45) is 0 Å². The van der Waals surface area contributed by atoms with Crippen LogP contribution in [0.25, 0.3) is 11.1 Å². The van der Waals surface area contributed by atoms with Crippen LogP contribution in [0.15, 0.2) is 48.5 Å². The van der Waals surface area contributed by atoms with E-state index in [9.17, 15) is 27.6 Å². The van der Waals surface area contributed by atoms with Gasteiger partial charge in [-0.1, -0.05) is 48.5 Å². The predicted molar refractivity (Wildman–Crippen MR) is 119 cm³/mol. The highest BCUT2D eigenvalue weighted by atomic mass is 19.4. The first-order valence-electron chi connectivity index (χ1n) is 10.8. The Balaban J connectivity index is 1.36. The molecule has 11 heteroatoms. The summed E-state index contributed by atoms with van der Waals surface area (Å²) < 4.78 is 49.2. The largest absolute Gasteiger partial charge is 0.479 e. The van der Waals surface area contributed by atoms with Crippen LogP contribution in [0.2, 0.25) is 0 Å². The molecule has 0 aliphatic heterocycles. The Bertz CT molecular complexity index is 1050. The number of rotatable bonds is 10. The number of benzene rings is 2. The van der Waals surface area contributed by atoms with E-state index in [1.165, 1.54) is 5.32 Å². The summed E-state index contributed by atoms with van der Waals surface area (Å²) in [7, 11) is 0. The Morgan fingerprint density at radius 1 is 0.971 bits per heavy atom. The lowest BCUT2D eigenvalue weighted by Gasteiger charge is -2.28. The van der Waals surface area contributed by atoms with Crippen molar-refractivity contribution in [1.82, 2.24) is 10.6 Å².